The SMILES string of the molecule is CCc1csc(CN[C@H](C)Cn2cncn2)n1. The minimum atomic E-state index is 0.352. The van der Waals surface area contributed by atoms with Gasteiger partial charge in [0, 0.05) is 18.0 Å². The van der Waals surface area contributed by atoms with Gasteiger partial charge in [0.1, 0.15) is 17.7 Å². The molecule has 2 aromatic rings. The standard InChI is InChI=1S/C11H17N5S/c1-3-10-6-17-11(15-10)4-13-9(2)5-16-8-12-7-14-16/h6-9,13H,3-5H2,1-2H3/t9-/m1/s1. The van der Waals surface area contributed by atoms with Crippen LogP contribution in [0.4, 0.5) is 0 Å². The van der Waals surface area contributed by atoms with Gasteiger partial charge in [-0.1, -0.05) is 6.92 Å². The summed E-state index contributed by atoms with van der Waals surface area (Å²) in [7, 11) is 0. The molecule has 6 heteroatoms. The van der Waals surface area contributed by atoms with Crippen LogP contribution in [-0.4, -0.2) is 25.8 Å². The zero-order chi connectivity index (χ0) is 12.1. The normalized spacial score (nSPS) is 12.8. The van der Waals surface area contributed by atoms with Crippen molar-refractivity contribution in [2.24, 2.45) is 0 Å². The van der Waals surface area contributed by atoms with Crippen molar-refractivity contribution in [2.75, 3.05) is 0 Å². The van der Waals surface area contributed by atoms with Crippen LogP contribution in [0.5, 0.6) is 0 Å². The van der Waals surface area contributed by atoms with Gasteiger partial charge in [-0.2, -0.15) is 5.10 Å². The second kappa shape index (κ2) is 5.88. The van der Waals surface area contributed by atoms with Gasteiger partial charge in [-0.15, -0.1) is 11.3 Å². The zero-order valence-electron chi connectivity index (χ0n) is 10.1. The van der Waals surface area contributed by atoms with E-state index in [0.29, 0.717) is 6.04 Å². The van der Waals surface area contributed by atoms with Gasteiger partial charge in [0.2, 0.25) is 0 Å². The van der Waals surface area contributed by atoms with Gasteiger partial charge >= 0.3 is 0 Å². The highest BCUT2D eigenvalue weighted by molar-refractivity contribution is 7.09. The molecule has 0 aliphatic heterocycles. The fraction of sp³-hybridized carbons (Fsp3) is 0.545. The molecule has 2 aromatic heterocycles. The van der Waals surface area contributed by atoms with Crippen molar-refractivity contribution in [3.05, 3.63) is 28.7 Å². The minimum Gasteiger partial charge on any atom is -0.306 e. The summed E-state index contributed by atoms with van der Waals surface area (Å²) in [6, 6.07) is 0.352. The van der Waals surface area contributed by atoms with Crippen molar-refractivity contribution in [2.45, 2.75) is 39.4 Å². The van der Waals surface area contributed by atoms with Crippen LogP contribution in [0, 0.1) is 0 Å². The molecule has 0 unspecified atom stereocenters. The van der Waals surface area contributed by atoms with Crippen LogP contribution < -0.4 is 5.32 Å². The molecule has 0 bridgehead atoms. The molecule has 2 heterocycles. The van der Waals surface area contributed by atoms with E-state index in [4.69, 9.17) is 0 Å². The number of hydrogen-bond donors (Lipinski definition) is 1. The Morgan fingerprint density at radius 2 is 2.41 bits per heavy atom. The molecule has 0 fully saturated rings. The van der Waals surface area contributed by atoms with Gasteiger partial charge < -0.3 is 5.32 Å². The van der Waals surface area contributed by atoms with Crippen LogP contribution in [0.2, 0.25) is 0 Å². The van der Waals surface area contributed by atoms with E-state index in [0.717, 1.165) is 24.5 Å². The Balaban J connectivity index is 1.77. The van der Waals surface area contributed by atoms with Gasteiger partial charge in [-0.3, -0.25) is 4.68 Å². The molecule has 0 amide bonds. The molecule has 0 saturated carbocycles. The maximum Gasteiger partial charge on any atom is 0.137 e. The lowest BCUT2D eigenvalue weighted by molar-refractivity contribution is 0.449. The second-order valence-electron chi connectivity index (χ2n) is 3.99. The summed E-state index contributed by atoms with van der Waals surface area (Å²) in [6.45, 7) is 5.90. The Morgan fingerprint density at radius 1 is 1.53 bits per heavy atom. The molecule has 5 nitrogen and oxygen atoms in total. The predicted octanol–water partition coefficient (Wildman–Crippen LogP) is 1.48. The Morgan fingerprint density at radius 3 is 3.06 bits per heavy atom. The van der Waals surface area contributed by atoms with E-state index in [2.05, 4.69) is 39.6 Å². The summed E-state index contributed by atoms with van der Waals surface area (Å²) in [4.78, 5) is 8.44. The number of hydrogen-bond acceptors (Lipinski definition) is 5. The van der Waals surface area contributed by atoms with E-state index in [9.17, 15) is 0 Å². The van der Waals surface area contributed by atoms with Crippen molar-refractivity contribution >= 4 is 11.3 Å². The average Bonchev–Trinajstić information content (AvgIpc) is 2.96. The topological polar surface area (TPSA) is 55.6 Å². The van der Waals surface area contributed by atoms with E-state index in [1.807, 2.05) is 4.68 Å². The number of nitrogens with zero attached hydrogens (tertiary/aromatic N) is 4. The van der Waals surface area contributed by atoms with E-state index in [1.165, 1.54) is 5.69 Å². The van der Waals surface area contributed by atoms with Crippen molar-refractivity contribution in [1.29, 1.82) is 0 Å². The molecule has 1 atom stereocenters. The Bertz CT molecular complexity index is 436. The quantitative estimate of drug-likeness (QED) is 0.845. The van der Waals surface area contributed by atoms with E-state index < -0.39 is 0 Å². The molecule has 1 N–H and O–H groups in total. The summed E-state index contributed by atoms with van der Waals surface area (Å²) in [5, 5.41) is 10.8. The van der Waals surface area contributed by atoms with Gasteiger partial charge in [0.05, 0.1) is 12.2 Å². The Kier molecular flexibility index (Phi) is 4.22. The van der Waals surface area contributed by atoms with Gasteiger partial charge in [0.25, 0.3) is 0 Å². The monoisotopic (exact) mass is 251 g/mol. The first kappa shape index (κ1) is 12.2. The summed E-state index contributed by atoms with van der Waals surface area (Å²) >= 11 is 1.72. The highest BCUT2D eigenvalue weighted by Gasteiger charge is 2.05. The zero-order valence-corrected chi connectivity index (χ0v) is 10.9. The third kappa shape index (κ3) is 3.61. The molecule has 17 heavy (non-hydrogen) atoms. The summed E-state index contributed by atoms with van der Waals surface area (Å²) < 4.78 is 1.83. The van der Waals surface area contributed by atoms with Gasteiger partial charge in [-0.05, 0) is 13.3 Å². The van der Waals surface area contributed by atoms with Crippen LogP contribution in [-0.2, 0) is 19.5 Å². The van der Waals surface area contributed by atoms with Crippen molar-refractivity contribution in [3.8, 4) is 0 Å². The van der Waals surface area contributed by atoms with E-state index >= 15 is 0 Å². The summed E-state index contributed by atoms with van der Waals surface area (Å²) in [6.07, 6.45) is 4.29. The van der Waals surface area contributed by atoms with Crippen LogP contribution in [0.25, 0.3) is 0 Å². The van der Waals surface area contributed by atoms with Crippen molar-refractivity contribution in [1.82, 2.24) is 25.1 Å². The lowest BCUT2D eigenvalue weighted by atomic mass is 10.3. The third-order valence-corrected chi connectivity index (χ3v) is 3.39. The number of nitrogens with one attached hydrogen (secondary N) is 1. The van der Waals surface area contributed by atoms with E-state index in [-0.39, 0.29) is 0 Å². The van der Waals surface area contributed by atoms with Crippen LogP contribution in [0.1, 0.15) is 24.5 Å². The average molecular weight is 251 g/mol. The van der Waals surface area contributed by atoms with Gasteiger partial charge in [0.15, 0.2) is 0 Å². The summed E-state index contributed by atoms with van der Waals surface area (Å²) in [5.41, 5.74) is 1.18. The highest BCUT2D eigenvalue weighted by Crippen LogP contribution is 2.09. The molecule has 0 aromatic carbocycles. The number of aryl methyl sites for hydroxylation is 1. The molecule has 0 aliphatic rings. The van der Waals surface area contributed by atoms with Crippen molar-refractivity contribution < 1.29 is 0 Å². The maximum atomic E-state index is 4.52. The molecular weight excluding hydrogens is 234 g/mol. The minimum absolute atomic E-state index is 0.352. The Hall–Kier alpha value is -1.27. The molecular formula is C11H17N5S. The molecule has 0 spiro atoms. The fourth-order valence-corrected chi connectivity index (χ4v) is 2.35. The summed E-state index contributed by atoms with van der Waals surface area (Å²) in [5.74, 6) is 0. The number of thiazole rings is 1. The predicted molar refractivity (Wildman–Crippen MR) is 67.8 cm³/mol. The first-order valence-electron chi connectivity index (χ1n) is 5.77. The lowest BCUT2D eigenvalue weighted by Gasteiger charge is -2.12. The third-order valence-electron chi connectivity index (χ3n) is 2.49. The van der Waals surface area contributed by atoms with E-state index in [1.54, 1.807) is 24.0 Å². The smallest absolute Gasteiger partial charge is 0.137 e. The number of rotatable bonds is 6. The Labute approximate surface area is 105 Å². The molecule has 0 aliphatic carbocycles. The van der Waals surface area contributed by atoms with Crippen LogP contribution in [0.15, 0.2) is 18.0 Å². The first-order valence-corrected chi connectivity index (χ1v) is 6.65. The second-order valence-corrected chi connectivity index (χ2v) is 4.93. The molecule has 2 rings (SSSR count). The highest BCUT2D eigenvalue weighted by atomic mass is 32.1. The first-order chi connectivity index (χ1) is 8.28. The molecule has 0 radical (unpaired) electrons. The van der Waals surface area contributed by atoms with Crippen molar-refractivity contribution in [3.63, 3.8) is 0 Å². The largest absolute Gasteiger partial charge is 0.306 e. The fourth-order valence-electron chi connectivity index (χ4n) is 1.53. The van der Waals surface area contributed by atoms with Crippen LogP contribution in [0.3, 0.4) is 0 Å². The van der Waals surface area contributed by atoms with Gasteiger partial charge in [-0.25, -0.2) is 9.97 Å². The van der Waals surface area contributed by atoms with Crippen LogP contribution >= 0.6 is 11.3 Å². The molecule has 92 valence electrons. The number of aromatic nitrogens is 4. The molecule has 0 saturated heterocycles. The maximum absolute atomic E-state index is 4.52. The lowest BCUT2D eigenvalue weighted by Crippen LogP contribution is -2.30.